The summed E-state index contributed by atoms with van der Waals surface area (Å²) in [5.41, 5.74) is 0.557. The first-order valence-corrected chi connectivity index (χ1v) is 6.49. The molecule has 2 aliphatic heterocycles. The Morgan fingerprint density at radius 2 is 1.73 bits per heavy atom. The van der Waals surface area contributed by atoms with Gasteiger partial charge < -0.3 is 4.90 Å². The molecule has 0 bridgehead atoms. The van der Waals surface area contributed by atoms with E-state index in [-0.39, 0.29) is 0 Å². The maximum Gasteiger partial charge on any atom is 0.0120 e. The highest BCUT2D eigenvalue weighted by Crippen LogP contribution is 2.31. The van der Waals surface area contributed by atoms with Crippen LogP contribution < -0.4 is 0 Å². The van der Waals surface area contributed by atoms with E-state index in [0.29, 0.717) is 5.41 Å². The van der Waals surface area contributed by atoms with Crippen molar-refractivity contribution < 1.29 is 0 Å². The van der Waals surface area contributed by atoms with Crippen LogP contribution in [0.1, 0.15) is 39.5 Å². The zero-order valence-corrected chi connectivity index (χ0v) is 10.6. The minimum absolute atomic E-state index is 0.557. The number of piperidine rings is 2. The third kappa shape index (κ3) is 2.94. The van der Waals surface area contributed by atoms with Crippen molar-refractivity contribution in [3.8, 4) is 0 Å². The molecule has 0 N–H and O–H groups in total. The summed E-state index contributed by atoms with van der Waals surface area (Å²) in [5, 5.41) is 0. The standard InChI is InChI=1S/C13H26N2/c1-13(2)7-4-8-15(11-13)12-5-9-14(3)10-6-12/h12H,4-11H2,1-3H3. The predicted octanol–water partition coefficient (Wildman–Crippen LogP) is 2.20. The van der Waals surface area contributed by atoms with Gasteiger partial charge in [0.05, 0.1) is 0 Å². The van der Waals surface area contributed by atoms with Gasteiger partial charge in [-0.1, -0.05) is 13.8 Å². The lowest BCUT2D eigenvalue weighted by Crippen LogP contribution is -2.49. The summed E-state index contributed by atoms with van der Waals surface area (Å²) in [6.45, 7) is 10.1. The maximum atomic E-state index is 2.76. The Labute approximate surface area is 94.6 Å². The van der Waals surface area contributed by atoms with Gasteiger partial charge in [0.2, 0.25) is 0 Å². The van der Waals surface area contributed by atoms with Crippen molar-refractivity contribution in [2.45, 2.75) is 45.6 Å². The van der Waals surface area contributed by atoms with Crippen LogP contribution in [0.25, 0.3) is 0 Å². The van der Waals surface area contributed by atoms with Crippen LogP contribution in [-0.4, -0.2) is 49.1 Å². The van der Waals surface area contributed by atoms with Crippen molar-refractivity contribution in [1.29, 1.82) is 0 Å². The lowest BCUT2D eigenvalue weighted by molar-refractivity contribution is 0.0487. The van der Waals surface area contributed by atoms with Crippen molar-refractivity contribution >= 4 is 0 Å². The molecule has 0 atom stereocenters. The summed E-state index contributed by atoms with van der Waals surface area (Å²) in [4.78, 5) is 5.22. The van der Waals surface area contributed by atoms with Gasteiger partial charge in [0.25, 0.3) is 0 Å². The van der Waals surface area contributed by atoms with E-state index in [1.807, 2.05) is 0 Å². The fourth-order valence-electron chi connectivity index (χ4n) is 3.14. The highest BCUT2D eigenvalue weighted by atomic mass is 15.2. The van der Waals surface area contributed by atoms with Gasteiger partial charge in [-0.05, 0) is 57.8 Å². The van der Waals surface area contributed by atoms with Gasteiger partial charge in [0, 0.05) is 12.6 Å². The first-order valence-electron chi connectivity index (χ1n) is 6.49. The first-order chi connectivity index (χ1) is 7.07. The number of rotatable bonds is 1. The zero-order valence-electron chi connectivity index (χ0n) is 10.6. The van der Waals surface area contributed by atoms with E-state index in [0.717, 1.165) is 6.04 Å². The number of nitrogens with zero attached hydrogens (tertiary/aromatic N) is 2. The third-order valence-corrected chi connectivity index (χ3v) is 4.13. The minimum atomic E-state index is 0.557. The van der Waals surface area contributed by atoms with E-state index in [2.05, 4.69) is 30.7 Å². The highest BCUT2D eigenvalue weighted by Gasteiger charge is 2.31. The molecule has 0 amide bonds. The molecule has 0 aromatic rings. The van der Waals surface area contributed by atoms with Gasteiger partial charge in [0.1, 0.15) is 0 Å². The van der Waals surface area contributed by atoms with Crippen LogP contribution in [-0.2, 0) is 0 Å². The fraction of sp³-hybridized carbons (Fsp3) is 1.00. The maximum absolute atomic E-state index is 2.76. The second-order valence-electron chi connectivity index (χ2n) is 6.27. The van der Waals surface area contributed by atoms with Crippen LogP contribution in [0.3, 0.4) is 0 Å². The Hall–Kier alpha value is -0.0800. The topological polar surface area (TPSA) is 6.48 Å². The van der Waals surface area contributed by atoms with Crippen LogP contribution in [0.4, 0.5) is 0 Å². The Bertz CT molecular complexity index is 205. The molecule has 0 aliphatic carbocycles. The molecule has 2 heterocycles. The number of hydrogen-bond acceptors (Lipinski definition) is 2. The van der Waals surface area contributed by atoms with Crippen molar-refractivity contribution in [2.75, 3.05) is 33.2 Å². The molecule has 2 saturated heterocycles. The fourth-order valence-corrected chi connectivity index (χ4v) is 3.14. The minimum Gasteiger partial charge on any atom is -0.306 e. The van der Waals surface area contributed by atoms with E-state index >= 15 is 0 Å². The molecule has 15 heavy (non-hydrogen) atoms. The zero-order chi connectivity index (χ0) is 10.9. The molecule has 0 saturated carbocycles. The Morgan fingerprint density at radius 3 is 2.33 bits per heavy atom. The molecule has 2 heteroatoms. The van der Waals surface area contributed by atoms with E-state index < -0.39 is 0 Å². The molecule has 2 rings (SSSR count). The van der Waals surface area contributed by atoms with Crippen LogP contribution in [0, 0.1) is 5.41 Å². The van der Waals surface area contributed by atoms with Crippen LogP contribution >= 0.6 is 0 Å². The molecule has 0 aromatic carbocycles. The van der Waals surface area contributed by atoms with Crippen molar-refractivity contribution in [2.24, 2.45) is 5.41 Å². The number of hydrogen-bond donors (Lipinski definition) is 0. The lowest BCUT2D eigenvalue weighted by atomic mass is 9.83. The molecule has 2 nitrogen and oxygen atoms in total. The third-order valence-electron chi connectivity index (χ3n) is 4.13. The second kappa shape index (κ2) is 4.42. The van der Waals surface area contributed by atoms with Crippen LogP contribution in [0.2, 0.25) is 0 Å². The molecule has 0 unspecified atom stereocenters. The van der Waals surface area contributed by atoms with Gasteiger partial charge >= 0.3 is 0 Å². The Morgan fingerprint density at radius 1 is 1.07 bits per heavy atom. The normalized spacial score (nSPS) is 30.6. The van der Waals surface area contributed by atoms with E-state index in [1.54, 1.807) is 0 Å². The Balaban J connectivity index is 1.88. The molecule has 88 valence electrons. The van der Waals surface area contributed by atoms with Gasteiger partial charge in [0.15, 0.2) is 0 Å². The quantitative estimate of drug-likeness (QED) is 0.655. The molecule has 0 aromatic heterocycles. The van der Waals surface area contributed by atoms with Crippen LogP contribution in [0.15, 0.2) is 0 Å². The van der Waals surface area contributed by atoms with Crippen molar-refractivity contribution in [1.82, 2.24) is 9.80 Å². The molecule has 0 radical (unpaired) electrons. The smallest absolute Gasteiger partial charge is 0.0120 e. The van der Waals surface area contributed by atoms with Crippen molar-refractivity contribution in [3.63, 3.8) is 0 Å². The predicted molar refractivity (Wildman–Crippen MR) is 65.1 cm³/mol. The van der Waals surface area contributed by atoms with Gasteiger partial charge in [-0.15, -0.1) is 0 Å². The average Bonchev–Trinajstić information content (AvgIpc) is 2.17. The summed E-state index contributed by atoms with van der Waals surface area (Å²) in [6.07, 6.45) is 5.58. The first kappa shape index (κ1) is 11.4. The van der Waals surface area contributed by atoms with Crippen LogP contribution in [0.5, 0.6) is 0 Å². The Kier molecular flexibility index (Phi) is 3.36. The SMILES string of the molecule is CN1CCC(N2CCCC(C)(C)C2)CC1. The monoisotopic (exact) mass is 210 g/mol. The molecule has 2 aliphatic rings. The average molecular weight is 210 g/mol. The van der Waals surface area contributed by atoms with E-state index in [9.17, 15) is 0 Å². The van der Waals surface area contributed by atoms with E-state index in [4.69, 9.17) is 0 Å². The number of likely N-dealkylation sites (tertiary alicyclic amines) is 2. The molecular formula is C13H26N2. The van der Waals surface area contributed by atoms with Gasteiger partial charge in [-0.2, -0.15) is 0 Å². The molecular weight excluding hydrogens is 184 g/mol. The largest absolute Gasteiger partial charge is 0.306 e. The van der Waals surface area contributed by atoms with Gasteiger partial charge in [-0.25, -0.2) is 0 Å². The van der Waals surface area contributed by atoms with Crippen molar-refractivity contribution in [3.05, 3.63) is 0 Å². The summed E-state index contributed by atoms with van der Waals surface area (Å²) in [6, 6.07) is 0.876. The molecule has 2 fully saturated rings. The second-order valence-corrected chi connectivity index (χ2v) is 6.27. The van der Waals surface area contributed by atoms with E-state index in [1.165, 1.54) is 51.9 Å². The summed E-state index contributed by atoms with van der Waals surface area (Å²) < 4.78 is 0. The lowest BCUT2D eigenvalue weighted by Gasteiger charge is -2.44. The highest BCUT2D eigenvalue weighted by molar-refractivity contribution is 4.86. The summed E-state index contributed by atoms with van der Waals surface area (Å²) in [5.74, 6) is 0. The summed E-state index contributed by atoms with van der Waals surface area (Å²) in [7, 11) is 2.25. The van der Waals surface area contributed by atoms with Gasteiger partial charge in [-0.3, -0.25) is 4.90 Å². The summed E-state index contributed by atoms with van der Waals surface area (Å²) >= 11 is 0. The molecule has 0 spiro atoms.